The first-order valence-corrected chi connectivity index (χ1v) is 7.70. The van der Waals surface area contributed by atoms with Gasteiger partial charge >= 0.3 is 0 Å². The van der Waals surface area contributed by atoms with E-state index in [4.69, 9.17) is 21.1 Å². The Morgan fingerprint density at radius 1 is 1.48 bits per heavy atom. The number of rotatable bonds is 5. The lowest BCUT2D eigenvalue weighted by Gasteiger charge is -2.25. The standard InChI is InChI=1S/C16H22ClNO3/c1-18(9-8-13-5-3-4-10-21-13)16(19)14-11-12(17)6-7-15(14)20-2/h6-7,11,13H,3-5,8-10H2,1-2H3/t13-/m1/s1. The second-order valence-corrected chi connectivity index (χ2v) is 5.79. The van der Waals surface area contributed by atoms with Crippen LogP contribution in [0.15, 0.2) is 18.2 Å². The maximum Gasteiger partial charge on any atom is 0.257 e. The van der Waals surface area contributed by atoms with Crippen molar-refractivity contribution in [1.82, 2.24) is 4.90 Å². The molecule has 0 spiro atoms. The molecule has 0 radical (unpaired) electrons. The molecule has 1 saturated heterocycles. The highest BCUT2D eigenvalue weighted by Gasteiger charge is 2.19. The molecule has 5 heteroatoms. The molecule has 116 valence electrons. The normalized spacial score (nSPS) is 18.3. The highest BCUT2D eigenvalue weighted by atomic mass is 35.5. The first-order chi connectivity index (χ1) is 10.1. The predicted molar refractivity (Wildman–Crippen MR) is 83.2 cm³/mol. The molecule has 1 aliphatic heterocycles. The third-order valence-electron chi connectivity index (χ3n) is 3.80. The molecule has 21 heavy (non-hydrogen) atoms. The van der Waals surface area contributed by atoms with E-state index in [1.54, 1.807) is 37.3 Å². The third-order valence-corrected chi connectivity index (χ3v) is 4.03. The van der Waals surface area contributed by atoms with Gasteiger partial charge in [-0.25, -0.2) is 0 Å². The lowest BCUT2D eigenvalue weighted by Crippen LogP contribution is -2.31. The number of carbonyl (C=O) groups is 1. The Morgan fingerprint density at radius 2 is 2.29 bits per heavy atom. The van der Waals surface area contributed by atoms with Crippen molar-refractivity contribution in [1.29, 1.82) is 0 Å². The Balaban J connectivity index is 1.96. The fourth-order valence-electron chi connectivity index (χ4n) is 2.53. The van der Waals surface area contributed by atoms with Gasteiger partial charge in [-0.1, -0.05) is 11.6 Å². The Kier molecular flexibility index (Phi) is 5.88. The molecular formula is C16H22ClNO3. The topological polar surface area (TPSA) is 38.8 Å². The number of benzene rings is 1. The van der Waals surface area contributed by atoms with Gasteiger partial charge in [0.15, 0.2) is 0 Å². The number of nitrogens with zero attached hydrogens (tertiary/aromatic N) is 1. The summed E-state index contributed by atoms with van der Waals surface area (Å²) in [6, 6.07) is 5.08. The van der Waals surface area contributed by atoms with Crippen molar-refractivity contribution in [2.75, 3.05) is 27.3 Å². The van der Waals surface area contributed by atoms with Crippen LogP contribution in [0.1, 0.15) is 36.0 Å². The molecule has 0 aliphatic carbocycles. The summed E-state index contributed by atoms with van der Waals surface area (Å²) in [5.41, 5.74) is 0.497. The molecule has 0 aromatic heterocycles. The maximum absolute atomic E-state index is 12.5. The van der Waals surface area contributed by atoms with Crippen molar-refractivity contribution in [3.8, 4) is 5.75 Å². The zero-order valence-corrected chi connectivity index (χ0v) is 13.4. The average Bonchev–Trinajstić information content (AvgIpc) is 2.52. The number of amides is 1. The van der Waals surface area contributed by atoms with Crippen molar-refractivity contribution in [3.05, 3.63) is 28.8 Å². The van der Waals surface area contributed by atoms with Crippen LogP contribution in [0.5, 0.6) is 5.75 Å². The number of halogens is 1. The van der Waals surface area contributed by atoms with Gasteiger partial charge in [-0.05, 0) is 43.9 Å². The summed E-state index contributed by atoms with van der Waals surface area (Å²) in [6.07, 6.45) is 4.58. The van der Waals surface area contributed by atoms with Crippen LogP contribution in [0.3, 0.4) is 0 Å². The Labute approximate surface area is 131 Å². The molecule has 1 heterocycles. The van der Waals surface area contributed by atoms with E-state index < -0.39 is 0 Å². The van der Waals surface area contributed by atoms with Crippen LogP contribution in [0.4, 0.5) is 0 Å². The first kappa shape index (κ1) is 16.1. The monoisotopic (exact) mass is 311 g/mol. The highest BCUT2D eigenvalue weighted by Crippen LogP contribution is 2.24. The van der Waals surface area contributed by atoms with Gasteiger partial charge in [-0.15, -0.1) is 0 Å². The molecule has 0 N–H and O–H groups in total. The Morgan fingerprint density at radius 3 is 2.95 bits per heavy atom. The molecule has 4 nitrogen and oxygen atoms in total. The predicted octanol–water partition coefficient (Wildman–Crippen LogP) is 3.38. The van der Waals surface area contributed by atoms with Crippen LogP contribution in [-0.4, -0.2) is 44.2 Å². The quantitative estimate of drug-likeness (QED) is 0.837. The number of carbonyl (C=O) groups excluding carboxylic acids is 1. The van der Waals surface area contributed by atoms with Crippen molar-refractivity contribution >= 4 is 17.5 Å². The van der Waals surface area contributed by atoms with E-state index in [-0.39, 0.29) is 12.0 Å². The summed E-state index contributed by atoms with van der Waals surface area (Å²) in [5.74, 6) is 0.468. The van der Waals surface area contributed by atoms with Crippen LogP contribution in [0.25, 0.3) is 0 Å². The molecule has 0 saturated carbocycles. The van der Waals surface area contributed by atoms with Crippen molar-refractivity contribution < 1.29 is 14.3 Å². The summed E-state index contributed by atoms with van der Waals surface area (Å²) in [5, 5.41) is 0.531. The fourth-order valence-corrected chi connectivity index (χ4v) is 2.70. The molecule has 2 rings (SSSR count). The summed E-state index contributed by atoms with van der Waals surface area (Å²) in [6.45, 7) is 1.50. The van der Waals surface area contributed by atoms with Crippen LogP contribution in [-0.2, 0) is 4.74 Å². The van der Waals surface area contributed by atoms with E-state index in [1.807, 2.05) is 0 Å². The lowest BCUT2D eigenvalue weighted by molar-refractivity contribution is 0.00707. The smallest absolute Gasteiger partial charge is 0.257 e. The number of ether oxygens (including phenoxy) is 2. The van der Waals surface area contributed by atoms with Crippen LogP contribution in [0, 0.1) is 0 Å². The number of methoxy groups -OCH3 is 1. The van der Waals surface area contributed by atoms with Gasteiger partial charge in [0.25, 0.3) is 5.91 Å². The van der Waals surface area contributed by atoms with Gasteiger partial charge in [0.1, 0.15) is 5.75 Å². The second kappa shape index (κ2) is 7.66. The molecule has 1 atom stereocenters. The average molecular weight is 312 g/mol. The van der Waals surface area contributed by atoms with Gasteiger partial charge in [-0.3, -0.25) is 4.79 Å². The van der Waals surface area contributed by atoms with Gasteiger partial charge in [0.2, 0.25) is 0 Å². The molecule has 1 aliphatic rings. The summed E-state index contributed by atoms with van der Waals surface area (Å²) >= 11 is 5.98. The van der Waals surface area contributed by atoms with Crippen LogP contribution >= 0.6 is 11.6 Å². The number of hydrogen-bond acceptors (Lipinski definition) is 3. The van der Waals surface area contributed by atoms with Crippen molar-refractivity contribution in [2.24, 2.45) is 0 Å². The third kappa shape index (κ3) is 4.35. The minimum atomic E-state index is -0.0786. The Hall–Kier alpha value is -1.26. The van der Waals surface area contributed by atoms with Crippen molar-refractivity contribution in [2.45, 2.75) is 31.8 Å². The van der Waals surface area contributed by atoms with Crippen LogP contribution < -0.4 is 4.74 Å². The molecule has 1 aromatic rings. The van der Waals surface area contributed by atoms with Crippen LogP contribution in [0.2, 0.25) is 5.02 Å². The minimum Gasteiger partial charge on any atom is -0.496 e. The van der Waals surface area contributed by atoms with E-state index in [0.29, 0.717) is 22.9 Å². The molecule has 1 amide bonds. The molecule has 1 fully saturated rings. The molecule has 0 bridgehead atoms. The lowest BCUT2D eigenvalue weighted by atomic mass is 10.1. The fraction of sp³-hybridized carbons (Fsp3) is 0.562. The summed E-state index contributed by atoms with van der Waals surface area (Å²) in [4.78, 5) is 14.2. The van der Waals surface area contributed by atoms with E-state index in [9.17, 15) is 4.79 Å². The largest absolute Gasteiger partial charge is 0.496 e. The second-order valence-electron chi connectivity index (χ2n) is 5.35. The van der Waals surface area contributed by atoms with Gasteiger partial charge in [-0.2, -0.15) is 0 Å². The zero-order chi connectivity index (χ0) is 15.2. The zero-order valence-electron chi connectivity index (χ0n) is 12.6. The van der Waals surface area contributed by atoms with E-state index in [2.05, 4.69) is 0 Å². The first-order valence-electron chi connectivity index (χ1n) is 7.32. The van der Waals surface area contributed by atoms with E-state index in [0.717, 1.165) is 25.9 Å². The van der Waals surface area contributed by atoms with Gasteiger partial charge < -0.3 is 14.4 Å². The highest BCUT2D eigenvalue weighted by molar-refractivity contribution is 6.31. The SMILES string of the molecule is COc1ccc(Cl)cc1C(=O)N(C)CC[C@H]1CCCCO1. The molecule has 0 unspecified atom stereocenters. The summed E-state index contributed by atoms with van der Waals surface area (Å²) < 4.78 is 10.9. The van der Waals surface area contributed by atoms with E-state index >= 15 is 0 Å². The molecular weight excluding hydrogens is 290 g/mol. The Bertz CT molecular complexity index is 486. The maximum atomic E-state index is 12.5. The van der Waals surface area contributed by atoms with Gasteiger partial charge in [0, 0.05) is 25.2 Å². The minimum absolute atomic E-state index is 0.0786. The van der Waals surface area contributed by atoms with E-state index in [1.165, 1.54) is 6.42 Å². The summed E-state index contributed by atoms with van der Waals surface area (Å²) in [7, 11) is 3.35. The number of hydrogen-bond donors (Lipinski definition) is 0. The van der Waals surface area contributed by atoms with Gasteiger partial charge in [0.05, 0.1) is 18.8 Å². The van der Waals surface area contributed by atoms with Crippen molar-refractivity contribution in [3.63, 3.8) is 0 Å². The molecule has 1 aromatic carbocycles.